The molecule has 1 N–H and O–H groups in total. The minimum absolute atomic E-state index is 0.213. The summed E-state index contributed by atoms with van der Waals surface area (Å²) in [5.74, 6) is -0.796. The van der Waals surface area contributed by atoms with Crippen LogP contribution >= 0.6 is 0 Å². The molecule has 2 heterocycles. The van der Waals surface area contributed by atoms with E-state index in [1.54, 1.807) is 23.7 Å². The maximum absolute atomic E-state index is 13.0. The van der Waals surface area contributed by atoms with Crippen LogP contribution < -0.4 is 5.32 Å². The minimum atomic E-state index is -0.488. The van der Waals surface area contributed by atoms with Gasteiger partial charge in [0.2, 0.25) is 0 Å². The van der Waals surface area contributed by atoms with E-state index in [-0.39, 0.29) is 18.2 Å². The molecule has 0 spiro atoms. The number of ether oxygens (including phenoxy) is 1. The van der Waals surface area contributed by atoms with Crippen LogP contribution in [-0.4, -0.2) is 33.2 Å². The Morgan fingerprint density at radius 2 is 1.69 bits per heavy atom. The summed E-state index contributed by atoms with van der Waals surface area (Å²) in [4.78, 5) is 29.9. The molecule has 0 saturated heterocycles. The predicted octanol–water partition coefficient (Wildman–Crippen LogP) is 5.82. The summed E-state index contributed by atoms with van der Waals surface area (Å²) in [5.41, 5.74) is 5.23. The zero-order valence-corrected chi connectivity index (χ0v) is 19.9. The van der Waals surface area contributed by atoms with Crippen LogP contribution in [0.5, 0.6) is 0 Å². The number of fused-ring (bicyclic) bond motifs is 1. The number of para-hydroxylation sites is 2. The Kier molecular flexibility index (Phi) is 6.28. The molecule has 5 aromatic rings. The summed E-state index contributed by atoms with van der Waals surface area (Å²) < 4.78 is 6.90. The fourth-order valence-electron chi connectivity index (χ4n) is 4.02. The number of carbonyl (C=O) groups is 2. The van der Waals surface area contributed by atoms with E-state index in [1.165, 1.54) is 0 Å². The first-order chi connectivity index (χ1) is 17.5. The van der Waals surface area contributed by atoms with E-state index < -0.39 is 5.97 Å². The van der Waals surface area contributed by atoms with E-state index in [2.05, 4.69) is 15.4 Å². The van der Waals surface area contributed by atoms with Crippen molar-refractivity contribution in [3.8, 4) is 16.9 Å². The Bertz CT molecular complexity index is 1590. The number of aryl methyl sites for hydroxylation is 1. The zero-order chi connectivity index (χ0) is 25.1. The second-order valence-electron chi connectivity index (χ2n) is 8.26. The lowest BCUT2D eigenvalue weighted by Gasteiger charge is -2.12. The van der Waals surface area contributed by atoms with Gasteiger partial charge in [-0.05, 0) is 55.8 Å². The second kappa shape index (κ2) is 9.84. The lowest BCUT2D eigenvalue weighted by molar-refractivity contribution is 0.0519. The maximum atomic E-state index is 13.0. The van der Waals surface area contributed by atoms with Crippen molar-refractivity contribution in [1.29, 1.82) is 0 Å². The Labute approximate surface area is 208 Å². The summed E-state index contributed by atoms with van der Waals surface area (Å²) in [6.07, 6.45) is 0. The molecule has 0 bridgehead atoms. The number of nitrogens with one attached hydrogen (secondary N) is 1. The number of pyridine rings is 1. The number of benzene rings is 3. The van der Waals surface area contributed by atoms with E-state index in [4.69, 9.17) is 4.74 Å². The monoisotopic (exact) mass is 476 g/mol. The first-order valence-electron chi connectivity index (χ1n) is 11.6. The number of aromatic nitrogens is 3. The summed E-state index contributed by atoms with van der Waals surface area (Å²) in [7, 11) is 0. The SMILES string of the molecule is CCOC(=O)c1cc(-c2cccc(NC(=O)c3ccc4ccccc4n3)c2)n(-c2ccccc2C)n1. The van der Waals surface area contributed by atoms with E-state index in [9.17, 15) is 9.59 Å². The van der Waals surface area contributed by atoms with Crippen LogP contribution in [0.2, 0.25) is 0 Å². The van der Waals surface area contributed by atoms with Gasteiger partial charge >= 0.3 is 5.97 Å². The van der Waals surface area contributed by atoms with Gasteiger partial charge in [-0.15, -0.1) is 0 Å². The molecule has 178 valence electrons. The largest absolute Gasteiger partial charge is 0.461 e. The number of amides is 1. The molecule has 0 fully saturated rings. The second-order valence-corrected chi connectivity index (χ2v) is 8.26. The fraction of sp³-hybridized carbons (Fsp3) is 0.103. The smallest absolute Gasteiger partial charge is 0.358 e. The topological polar surface area (TPSA) is 86.1 Å². The first-order valence-corrected chi connectivity index (χ1v) is 11.6. The summed E-state index contributed by atoms with van der Waals surface area (Å²) in [6.45, 7) is 4.00. The Balaban J connectivity index is 1.50. The number of hydrogen-bond acceptors (Lipinski definition) is 5. The van der Waals surface area contributed by atoms with Crippen molar-refractivity contribution in [3.05, 3.63) is 108 Å². The average Bonchev–Trinajstić information content (AvgIpc) is 3.34. The molecule has 0 aliphatic carbocycles. The first kappa shape index (κ1) is 23.0. The van der Waals surface area contributed by atoms with Crippen molar-refractivity contribution in [2.45, 2.75) is 13.8 Å². The van der Waals surface area contributed by atoms with E-state index >= 15 is 0 Å². The van der Waals surface area contributed by atoms with Crippen molar-refractivity contribution in [2.75, 3.05) is 11.9 Å². The van der Waals surface area contributed by atoms with Crippen LogP contribution in [0.4, 0.5) is 5.69 Å². The standard InChI is InChI=1S/C29H24N4O3/c1-3-36-29(35)25-18-27(33(32-25)26-14-7-4-9-19(26)2)21-11-8-12-22(17-21)30-28(34)24-16-15-20-10-5-6-13-23(20)31-24/h4-18H,3H2,1-2H3,(H,30,34). The van der Waals surface area contributed by atoms with Gasteiger partial charge in [-0.1, -0.05) is 54.6 Å². The molecule has 0 unspecified atom stereocenters. The van der Waals surface area contributed by atoms with Crippen molar-refractivity contribution in [1.82, 2.24) is 14.8 Å². The van der Waals surface area contributed by atoms with Gasteiger partial charge in [0, 0.05) is 16.6 Å². The van der Waals surface area contributed by atoms with Crippen LogP contribution in [0.25, 0.3) is 27.8 Å². The molecular weight excluding hydrogens is 452 g/mol. The van der Waals surface area contributed by atoms with Crippen LogP contribution in [0.3, 0.4) is 0 Å². The van der Waals surface area contributed by atoms with Gasteiger partial charge in [0.05, 0.1) is 23.5 Å². The lowest BCUT2D eigenvalue weighted by atomic mass is 10.1. The molecule has 5 rings (SSSR count). The number of hydrogen-bond donors (Lipinski definition) is 1. The van der Waals surface area contributed by atoms with Gasteiger partial charge in [0.1, 0.15) is 5.69 Å². The van der Waals surface area contributed by atoms with E-state index in [0.29, 0.717) is 17.1 Å². The third kappa shape index (κ3) is 4.59. The molecule has 0 atom stereocenters. The van der Waals surface area contributed by atoms with Crippen LogP contribution in [-0.2, 0) is 4.74 Å². The van der Waals surface area contributed by atoms with Crippen molar-refractivity contribution in [2.24, 2.45) is 0 Å². The van der Waals surface area contributed by atoms with Crippen LogP contribution in [0.15, 0.2) is 91.0 Å². The van der Waals surface area contributed by atoms with Crippen molar-refractivity contribution < 1.29 is 14.3 Å². The molecule has 0 saturated carbocycles. The van der Waals surface area contributed by atoms with E-state index in [0.717, 1.165) is 27.7 Å². The maximum Gasteiger partial charge on any atom is 0.358 e. The lowest BCUT2D eigenvalue weighted by Crippen LogP contribution is -2.13. The summed E-state index contributed by atoms with van der Waals surface area (Å²) in [5, 5.41) is 8.45. The van der Waals surface area contributed by atoms with Crippen molar-refractivity contribution in [3.63, 3.8) is 0 Å². The zero-order valence-electron chi connectivity index (χ0n) is 19.9. The number of rotatable bonds is 6. The number of esters is 1. The Hall–Kier alpha value is -4.78. The number of carbonyl (C=O) groups excluding carboxylic acids is 2. The Morgan fingerprint density at radius 1 is 0.889 bits per heavy atom. The van der Waals surface area contributed by atoms with Crippen molar-refractivity contribution >= 4 is 28.5 Å². The highest BCUT2D eigenvalue weighted by Gasteiger charge is 2.19. The fourth-order valence-corrected chi connectivity index (χ4v) is 4.02. The minimum Gasteiger partial charge on any atom is -0.461 e. The molecule has 0 aliphatic rings. The summed E-state index contributed by atoms with van der Waals surface area (Å²) in [6, 6.07) is 28.2. The van der Waals surface area contributed by atoms with Gasteiger partial charge in [-0.25, -0.2) is 14.5 Å². The highest BCUT2D eigenvalue weighted by atomic mass is 16.5. The highest BCUT2D eigenvalue weighted by molar-refractivity contribution is 6.04. The average molecular weight is 477 g/mol. The van der Waals surface area contributed by atoms with Crippen LogP contribution in [0.1, 0.15) is 33.5 Å². The molecule has 0 aliphatic heterocycles. The molecular formula is C29H24N4O3. The van der Waals surface area contributed by atoms with E-state index in [1.807, 2.05) is 85.8 Å². The molecule has 36 heavy (non-hydrogen) atoms. The van der Waals surface area contributed by atoms with Gasteiger partial charge in [0.15, 0.2) is 5.69 Å². The highest BCUT2D eigenvalue weighted by Crippen LogP contribution is 2.28. The van der Waals surface area contributed by atoms with Crippen LogP contribution in [0, 0.1) is 6.92 Å². The Morgan fingerprint density at radius 3 is 2.53 bits per heavy atom. The quantitative estimate of drug-likeness (QED) is 0.312. The van der Waals surface area contributed by atoms with Gasteiger partial charge in [-0.3, -0.25) is 4.79 Å². The molecule has 3 aromatic carbocycles. The number of anilines is 1. The summed E-state index contributed by atoms with van der Waals surface area (Å²) >= 11 is 0. The van der Waals surface area contributed by atoms with Gasteiger partial charge in [0.25, 0.3) is 5.91 Å². The third-order valence-corrected chi connectivity index (χ3v) is 5.78. The molecule has 2 aromatic heterocycles. The molecule has 7 nitrogen and oxygen atoms in total. The molecule has 0 radical (unpaired) electrons. The predicted molar refractivity (Wildman–Crippen MR) is 139 cm³/mol. The van der Waals surface area contributed by atoms with Gasteiger partial charge in [-0.2, -0.15) is 5.10 Å². The normalized spacial score (nSPS) is 10.8. The third-order valence-electron chi connectivity index (χ3n) is 5.78. The molecule has 7 heteroatoms. The van der Waals surface area contributed by atoms with Gasteiger partial charge < -0.3 is 10.1 Å². The number of nitrogens with zero attached hydrogens (tertiary/aromatic N) is 3. The molecule has 1 amide bonds.